The fraction of sp³-hybridized carbons (Fsp3) is 0.429. The molecule has 1 aromatic carbocycles. The maximum absolute atomic E-state index is 13.4. The maximum Gasteiger partial charge on any atom is 0.230 e. The SMILES string of the molecule is COCc1ccc2c(c1)N(C(=O)C1CCCCC1)Cc1cccnc1N2. The average molecular weight is 351 g/mol. The number of methoxy groups -OCH3 is 1. The summed E-state index contributed by atoms with van der Waals surface area (Å²) in [7, 11) is 1.69. The summed E-state index contributed by atoms with van der Waals surface area (Å²) in [6.45, 7) is 1.08. The molecule has 136 valence electrons. The molecule has 5 heteroatoms. The largest absolute Gasteiger partial charge is 0.380 e. The van der Waals surface area contributed by atoms with E-state index in [9.17, 15) is 4.79 Å². The minimum Gasteiger partial charge on any atom is -0.380 e. The second-order valence-electron chi connectivity index (χ2n) is 7.18. The molecule has 1 saturated carbocycles. The van der Waals surface area contributed by atoms with Gasteiger partial charge in [-0.2, -0.15) is 0 Å². The van der Waals surface area contributed by atoms with Crippen molar-refractivity contribution in [3.05, 3.63) is 47.7 Å². The Kier molecular flexibility index (Phi) is 4.89. The minimum atomic E-state index is 0.126. The van der Waals surface area contributed by atoms with Gasteiger partial charge < -0.3 is 15.0 Å². The summed E-state index contributed by atoms with van der Waals surface area (Å²) in [5.41, 5.74) is 3.95. The number of aromatic nitrogens is 1. The van der Waals surface area contributed by atoms with Crippen LogP contribution in [0.25, 0.3) is 0 Å². The lowest BCUT2D eigenvalue weighted by atomic mass is 9.88. The quantitative estimate of drug-likeness (QED) is 0.890. The summed E-state index contributed by atoms with van der Waals surface area (Å²) in [6, 6.07) is 10.1. The summed E-state index contributed by atoms with van der Waals surface area (Å²) in [5, 5.41) is 3.41. The zero-order valence-corrected chi connectivity index (χ0v) is 15.2. The highest BCUT2D eigenvalue weighted by Crippen LogP contribution is 2.38. The number of hydrogen-bond acceptors (Lipinski definition) is 4. The first-order valence-corrected chi connectivity index (χ1v) is 9.40. The average Bonchev–Trinajstić information content (AvgIpc) is 2.85. The van der Waals surface area contributed by atoms with E-state index in [1.165, 1.54) is 6.42 Å². The molecule has 0 atom stereocenters. The first-order chi connectivity index (χ1) is 12.8. The number of amides is 1. The van der Waals surface area contributed by atoms with Crippen molar-refractivity contribution in [2.75, 3.05) is 17.3 Å². The number of hydrogen-bond donors (Lipinski definition) is 1. The summed E-state index contributed by atoms with van der Waals surface area (Å²) >= 11 is 0. The fourth-order valence-electron chi connectivity index (χ4n) is 3.99. The van der Waals surface area contributed by atoms with Gasteiger partial charge in [0.2, 0.25) is 5.91 Å². The van der Waals surface area contributed by atoms with Crippen LogP contribution in [0.5, 0.6) is 0 Å². The van der Waals surface area contributed by atoms with Gasteiger partial charge in [-0.3, -0.25) is 4.79 Å². The molecule has 2 heterocycles. The summed E-state index contributed by atoms with van der Waals surface area (Å²) < 4.78 is 5.29. The molecule has 0 unspecified atom stereocenters. The van der Waals surface area contributed by atoms with Crippen LogP contribution in [0.3, 0.4) is 0 Å². The van der Waals surface area contributed by atoms with Crippen LogP contribution in [0.4, 0.5) is 17.2 Å². The number of nitrogens with one attached hydrogen (secondary N) is 1. The highest BCUT2D eigenvalue weighted by Gasteiger charge is 2.30. The van der Waals surface area contributed by atoms with Crippen molar-refractivity contribution in [3.8, 4) is 0 Å². The first kappa shape index (κ1) is 17.0. The standard InChI is InChI=1S/C21H25N3O2/c1-26-14-15-9-10-18-19(12-15)24(21(25)16-6-3-2-4-7-16)13-17-8-5-11-22-20(17)23-18/h5,8-12,16H,2-4,6-7,13-14H2,1H3,(H,22,23). The van der Waals surface area contributed by atoms with E-state index in [2.05, 4.69) is 16.4 Å². The van der Waals surface area contributed by atoms with E-state index >= 15 is 0 Å². The molecule has 1 aliphatic carbocycles. The maximum atomic E-state index is 13.4. The number of benzene rings is 1. The molecule has 1 fully saturated rings. The van der Waals surface area contributed by atoms with Crippen molar-refractivity contribution < 1.29 is 9.53 Å². The minimum absolute atomic E-state index is 0.126. The topological polar surface area (TPSA) is 54.5 Å². The van der Waals surface area contributed by atoms with E-state index in [0.29, 0.717) is 13.2 Å². The monoisotopic (exact) mass is 351 g/mol. The van der Waals surface area contributed by atoms with E-state index in [4.69, 9.17) is 4.74 Å². The number of pyridine rings is 1. The van der Waals surface area contributed by atoms with E-state index < -0.39 is 0 Å². The number of ether oxygens (including phenoxy) is 1. The molecular formula is C21H25N3O2. The van der Waals surface area contributed by atoms with Crippen LogP contribution in [0.2, 0.25) is 0 Å². The Hall–Kier alpha value is -2.40. The molecule has 1 amide bonds. The highest BCUT2D eigenvalue weighted by molar-refractivity contribution is 5.99. The van der Waals surface area contributed by atoms with Crippen LogP contribution in [0.1, 0.15) is 43.2 Å². The fourth-order valence-corrected chi connectivity index (χ4v) is 3.99. The van der Waals surface area contributed by atoms with Crippen molar-refractivity contribution in [3.63, 3.8) is 0 Å². The lowest BCUT2D eigenvalue weighted by Gasteiger charge is -2.29. The van der Waals surface area contributed by atoms with Gasteiger partial charge >= 0.3 is 0 Å². The summed E-state index contributed by atoms with van der Waals surface area (Å²) in [5.74, 6) is 1.19. The number of anilines is 3. The molecule has 0 spiro atoms. The van der Waals surface area contributed by atoms with Gasteiger partial charge in [0.1, 0.15) is 5.82 Å². The number of carbonyl (C=O) groups excluding carboxylic acids is 1. The van der Waals surface area contributed by atoms with Crippen LogP contribution < -0.4 is 10.2 Å². The van der Waals surface area contributed by atoms with Gasteiger partial charge in [0, 0.05) is 24.8 Å². The van der Waals surface area contributed by atoms with Crippen molar-refractivity contribution in [2.45, 2.75) is 45.3 Å². The van der Waals surface area contributed by atoms with Gasteiger partial charge in [-0.15, -0.1) is 0 Å². The lowest BCUT2D eigenvalue weighted by Crippen LogP contribution is -2.36. The highest BCUT2D eigenvalue weighted by atomic mass is 16.5. The van der Waals surface area contributed by atoms with Crippen LogP contribution in [0.15, 0.2) is 36.5 Å². The molecule has 0 bridgehead atoms. The number of fused-ring (bicyclic) bond motifs is 2. The van der Waals surface area contributed by atoms with E-state index in [0.717, 1.165) is 54.0 Å². The Labute approximate surface area is 154 Å². The third-order valence-electron chi connectivity index (χ3n) is 5.36. The van der Waals surface area contributed by atoms with E-state index in [1.54, 1.807) is 13.3 Å². The Morgan fingerprint density at radius 3 is 2.92 bits per heavy atom. The molecule has 1 aromatic heterocycles. The molecule has 0 radical (unpaired) electrons. The van der Waals surface area contributed by atoms with Crippen molar-refractivity contribution >= 4 is 23.1 Å². The van der Waals surface area contributed by atoms with Gasteiger partial charge in [-0.25, -0.2) is 4.98 Å². The molecule has 26 heavy (non-hydrogen) atoms. The molecule has 4 rings (SSSR count). The van der Waals surface area contributed by atoms with Crippen LogP contribution in [0, 0.1) is 5.92 Å². The predicted molar refractivity (Wildman–Crippen MR) is 102 cm³/mol. The van der Waals surface area contributed by atoms with Crippen molar-refractivity contribution in [1.29, 1.82) is 0 Å². The number of nitrogens with zero attached hydrogens (tertiary/aromatic N) is 2. The third kappa shape index (κ3) is 3.31. The second kappa shape index (κ2) is 7.46. The molecule has 2 aliphatic rings. The molecule has 2 aromatic rings. The third-order valence-corrected chi connectivity index (χ3v) is 5.36. The number of rotatable bonds is 3. The Morgan fingerprint density at radius 2 is 2.12 bits per heavy atom. The Balaban J connectivity index is 1.75. The van der Waals surface area contributed by atoms with Gasteiger partial charge in [0.15, 0.2) is 0 Å². The van der Waals surface area contributed by atoms with Gasteiger partial charge in [0.25, 0.3) is 0 Å². The zero-order valence-electron chi connectivity index (χ0n) is 15.2. The van der Waals surface area contributed by atoms with Gasteiger partial charge in [-0.05, 0) is 36.6 Å². The smallest absolute Gasteiger partial charge is 0.230 e. The lowest BCUT2D eigenvalue weighted by molar-refractivity contribution is -0.123. The van der Waals surface area contributed by atoms with Gasteiger partial charge in [0.05, 0.1) is 24.5 Å². The first-order valence-electron chi connectivity index (χ1n) is 9.40. The molecule has 5 nitrogen and oxygen atoms in total. The normalized spacial score (nSPS) is 17.0. The zero-order chi connectivity index (χ0) is 17.9. The van der Waals surface area contributed by atoms with Crippen LogP contribution in [-0.4, -0.2) is 18.0 Å². The summed E-state index contributed by atoms with van der Waals surface area (Å²) in [6.07, 6.45) is 7.32. The van der Waals surface area contributed by atoms with Crippen LogP contribution in [-0.2, 0) is 22.7 Å². The second-order valence-corrected chi connectivity index (χ2v) is 7.18. The summed E-state index contributed by atoms with van der Waals surface area (Å²) in [4.78, 5) is 19.8. The predicted octanol–water partition coefficient (Wildman–Crippen LogP) is 4.40. The van der Waals surface area contributed by atoms with Crippen molar-refractivity contribution in [1.82, 2.24) is 4.98 Å². The van der Waals surface area contributed by atoms with E-state index in [-0.39, 0.29) is 11.8 Å². The van der Waals surface area contributed by atoms with Crippen LogP contribution >= 0.6 is 0 Å². The molecule has 1 N–H and O–H groups in total. The molecular weight excluding hydrogens is 326 g/mol. The van der Waals surface area contributed by atoms with Gasteiger partial charge in [-0.1, -0.05) is 31.4 Å². The molecule has 1 aliphatic heterocycles. The number of carbonyl (C=O) groups is 1. The Morgan fingerprint density at radius 1 is 1.27 bits per heavy atom. The molecule has 0 saturated heterocycles. The Bertz CT molecular complexity index is 800. The van der Waals surface area contributed by atoms with E-state index in [1.807, 2.05) is 29.2 Å². The van der Waals surface area contributed by atoms with Crippen molar-refractivity contribution in [2.24, 2.45) is 5.92 Å².